The number of methoxy groups -OCH3 is 1. The molecule has 0 saturated carbocycles. The van der Waals surface area contributed by atoms with E-state index in [1.807, 2.05) is 12.1 Å². The minimum absolute atomic E-state index is 0.0892. The van der Waals surface area contributed by atoms with Gasteiger partial charge in [0.15, 0.2) is 0 Å². The van der Waals surface area contributed by atoms with Crippen LogP contribution < -0.4 is 10.6 Å². The standard InChI is InChI=1S/C14H19N5O2/c1-21-9-8-15-6-7-17-14(20)12-2-4-13(5-3-12)19-11-16-10-18-19/h2-5,10-11,15H,6-9H2,1H3,(H,17,20). The fourth-order valence-corrected chi connectivity index (χ4v) is 1.77. The van der Waals surface area contributed by atoms with Crippen molar-refractivity contribution < 1.29 is 9.53 Å². The number of carbonyl (C=O) groups excluding carboxylic acids is 1. The summed E-state index contributed by atoms with van der Waals surface area (Å²) in [5.41, 5.74) is 1.49. The third-order valence-electron chi connectivity index (χ3n) is 2.88. The SMILES string of the molecule is COCCNCCNC(=O)c1ccc(-n2cncn2)cc1. The molecule has 0 atom stereocenters. The molecule has 0 aliphatic carbocycles. The summed E-state index contributed by atoms with van der Waals surface area (Å²) in [7, 11) is 1.66. The summed E-state index contributed by atoms with van der Waals surface area (Å²) in [6, 6.07) is 7.20. The molecule has 2 rings (SSSR count). The van der Waals surface area contributed by atoms with Crippen LogP contribution in [0.4, 0.5) is 0 Å². The van der Waals surface area contributed by atoms with Gasteiger partial charge >= 0.3 is 0 Å². The minimum atomic E-state index is -0.0892. The molecule has 0 fully saturated rings. The van der Waals surface area contributed by atoms with Crippen LogP contribution in [0.25, 0.3) is 5.69 Å². The number of carbonyl (C=O) groups is 1. The van der Waals surface area contributed by atoms with Gasteiger partial charge in [0, 0.05) is 32.3 Å². The number of amides is 1. The van der Waals surface area contributed by atoms with E-state index in [4.69, 9.17) is 4.74 Å². The minimum Gasteiger partial charge on any atom is -0.383 e. The highest BCUT2D eigenvalue weighted by molar-refractivity contribution is 5.94. The summed E-state index contributed by atoms with van der Waals surface area (Å²) in [5, 5.41) is 10.0. The predicted molar refractivity (Wildman–Crippen MR) is 78.4 cm³/mol. The van der Waals surface area contributed by atoms with Crippen molar-refractivity contribution in [3.05, 3.63) is 42.5 Å². The molecule has 0 spiro atoms. The van der Waals surface area contributed by atoms with Crippen LogP contribution in [0.1, 0.15) is 10.4 Å². The third kappa shape index (κ3) is 4.66. The van der Waals surface area contributed by atoms with Gasteiger partial charge in [-0.15, -0.1) is 0 Å². The maximum Gasteiger partial charge on any atom is 0.251 e. The quantitative estimate of drug-likeness (QED) is 0.680. The van der Waals surface area contributed by atoms with Gasteiger partial charge < -0.3 is 15.4 Å². The predicted octanol–water partition coefficient (Wildman–Crippen LogP) is 0.233. The molecular weight excluding hydrogens is 270 g/mol. The van der Waals surface area contributed by atoms with E-state index in [0.29, 0.717) is 25.3 Å². The number of nitrogens with zero attached hydrogens (tertiary/aromatic N) is 3. The van der Waals surface area contributed by atoms with Crippen LogP contribution in [0.2, 0.25) is 0 Å². The van der Waals surface area contributed by atoms with E-state index in [1.54, 1.807) is 30.3 Å². The Morgan fingerprint density at radius 2 is 2.05 bits per heavy atom. The Morgan fingerprint density at radius 3 is 2.71 bits per heavy atom. The molecule has 0 radical (unpaired) electrons. The number of hydrogen-bond acceptors (Lipinski definition) is 5. The van der Waals surface area contributed by atoms with E-state index < -0.39 is 0 Å². The summed E-state index contributed by atoms with van der Waals surface area (Å²) in [5.74, 6) is -0.0892. The molecule has 0 aliphatic rings. The molecule has 7 heteroatoms. The van der Waals surface area contributed by atoms with Gasteiger partial charge in [0.2, 0.25) is 0 Å². The van der Waals surface area contributed by atoms with Crippen molar-refractivity contribution in [3.63, 3.8) is 0 Å². The lowest BCUT2D eigenvalue weighted by Crippen LogP contribution is -2.33. The highest BCUT2D eigenvalue weighted by Crippen LogP contribution is 2.07. The molecule has 2 N–H and O–H groups in total. The fraction of sp³-hybridized carbons (Fsp3) is 0.357. The molecule has 112 valence electrons. The van der Waals surface area contributed by atoms with Crippen LogP contribution in [-0.2, 0) is 4.74 Å². The highest BCUT2D eigenvalue weighted by Gasteiger charge is 2.05. The van der Waals surface area contributed by atoms with Gasteiger partial charge in [0.1, 0.15) is 12.7 Å². The van der Waals surface area contributed by atoms with Crippen LogP contribution in [0, 0.1) is 0 Å². The van der Waals surface area contributed by atoms with E-state index >= 15 is 0 Å². The summed E-state index contributed by atoms with van der Waals surface area (Å²) in [6.07, 6.45) is 3.08. The molecular formula is C14H19N5O2. The Bertz CT molecular complexity index is 539. The Hall–Kier alpha value is -2.25. The first kappa shape index (κ1) is 15.1. The van der Waals surface area contributed by atoms with Gasteiger partial charge in [-0.1, -0.05) is 0 Å². The molecule has 1 aromatic heterocycles. The van der Waals surface area contributed by atoms with Gasteiger partial charge in [-0.05, 0) is 24.3 Å². The molecule has 7 nitrogen and oxygen atoms in total. The molecule has 0 aliphatic heterocycles. The molecule has 2 aromatic rings. The smallest absolute Gasteiger partial charge is 0.251 e. The normalized spacial score (nSPS) is 10.5. The first-order chi connectivity index (χ1) is 10.3. The van der Waals surface area contributed by atoms with Crippen LogP contribution >= 0.6 is 0 Å². The lowest BCUT2D eigenvalue weighted by molar-refractivity contribution is 0.0953. The maximum absolute atomic E-state index is 11.9. The number of ether oxygens (including phenoxy) is 1. The summed E-state index contributed by atoms with van der Waals surface area (Å²) in [6.45, 7) is 2.73. The van der Waals surface area contributed by atoms with Gasteiger partial charge in [-0.2, -0.15) is 5.10 Å². The Labute approximate surface area is 123 Å². The zero-order valence-electron chi connectivity index (χ0n) is 12.0. The number of hydrogen-bond donors (Lipinski definition) is 2. The van der Waals surface area contributed by atoms with Crippen molar-refractivity contribution in [2.75, 3.05) is 33.4 Å². The van der Waals surface area contributed by atoms with Crippen molar-refractivity contribution in [2.45, 2.75) is 0 Å². The second-order valence-corrected chi connectivity index (χ2v) is 4.39. The van der Waals surface area contributed by atoms with Crippen LogP contribution in [0.3, 0.4) is 0 Å². The fourth-order valence-electron chi connectivity index (χ4n) is 1.77. The van der Waals surface area contributed by atoms with Gasteiger partial charge in [-0.25, -0.2) is 9.67 Å². The van der Waals surface area contributed by atoms with Crippen LogP contribution in [0.5, 0.6) is 0 Å². The number of benzene rings is 1. The van der Waals surface area contributed by atoms with Crippen molar-refractivity contribution in [2.24, 2.45) is 0 Å². The zero-order valence-corrected chi connectivity index (χ0v) is 12.0. The van der Waals surface area contributed by atoms with E-state index in [9.17, 15) is 4.79 Å². The Morgan fingerprint density at radius 1 is 1.24 bits per heavy atom. The van der Waals surface area contributed by atoms with Crippen molar-refractivity contribution in [1.82, 2.24) is 25.4 Å². The van der Waals surface area contributed by atoms with E-state index in [0.717, 1.165) is 12.2 Å². The summed E-state index contributed by atoms with van der Waals surface area (Å²) < 4.78 is 6.56. The lowest BCUT2D eigenvalue weighted by Gasteiger charge is -2.07. The first-order valence-electron chi connectivity index (χ1n) is 6.74. The Balaban J connectivity index is 1.78. The van der Waals surface area contributed by atoms with Gasteiger partial charge in [0.25, 0.3) is 5.91 Å². The molecule has 0 bridgehead atoms. The molecule has 0 saturated heterocycles. The average molecular weight is 289 g/mol. The van der Waals surface area contributed by atoms with Crippen LogP contribution in [-0.4, -0.2) is 54.0 Å². The average Bonchev–Trinajstić information content (AvgIpc) is 3.05. The van der Waals surface area contributed by atoms with Gasteiger partial charge in [-0.3, -0.25) is 4.79 Å². The third-order valence-corrected chi connectivity index (χ3v) is 2.88. The van der Waals surface area contributed by atoms with E-state index in [-0.39, 0.29) is 5.91 Å². The summed E-state index contributed by atoms with van der Waals surface area (Å²) in [4.78, 5) is 15.8. The largest absolute Gasteiger partial charge is 0.383 e. The monoisotopic (exact) mass is 289 g/mol. The molecule has 1 amide bonds. The Kier molecular flexibility index (Phi) is 5.86. The summed E-state index contributed by atoms with van der Waals surface area (Å²) >= 11 is 0. The number of nitrogens with one attached hydrogen (secondary N) is 2. The van der Waals surface area contributed by atoms with Crippen molar-refractivity contribution in [1.29, 1.82) is 0 Å². The van der Waals surface area contributed by atoms with Crippen molar-refractivity contribution >= 4 is 5.91 Å². The van der Waals surface area contributed by atoms with E-state index in [1.165, 1.54) is 6.33 Å². The maximum atomic E-state index is 11.9. The molecule has 1 aromatic carbocycles. The first-order valence-corrected chi connectivity index (χ1v) is 6.74. The highest BCUT2D eigenvalue weighted by atomic mass is 16.5. The number of aromatic nitrogens is 3. The number of rotatable bonds is 8. The van der Waals surface area contributed by atoms with Gasteiger partial charge in [0.05, 0.1) is 12.3 Å². The zero-order chi connectivity index (χ0) is 14.9. The molecule has 1 heterocycles. The van der Waals surface area contributed by atoms with Crippen molar-refractivity contribution in [3.8, 4) is 5.69 Å². The second-order valence-electron chi connectivity index (χ2n) is 4.39. The second kappa shape index (κ2) is 8.13. The lowest BCUT2D eigenvalue weighted by atomic mass is 10.2. The molecule has 21 heavy (non-hydrogen) atoms. The topological polar surface area (TPSA) is 81.1 Å². The van der Waals surface area contributed by atoms with E-state index in [2.05, 4.69) is 20.7 Å². The van der Waals surface area contributed by atoms with Crippen LogP contribution in [0.15, 0.2) is 36.9 Å². The molecule has 0 unspecified atom stereocenters.